The molecule has 0 unspecified atom stereocenters. The van der Waals surface area contributed by atoms with Gasteiger partial charge in [0.2, 0.25) is 0 Å². The third kappa shape index (κ3) is 2.84. The van der Waals surface area contributed by atoms with Crippen molar-refractivity contribution in [3.8, 4) is 0 Å². The van der Waals surface area contributed by atoms with Crippen LogP contribution in [0.2, 0.25) is 0 Å². The molecule has 1 N–H and O–H groups in total. The number of nitrogens with zero attached hydrogens (tertiary/aromatic N) is 1. The summed E-state index contributed by atoms with van der Waals surface area (Å²) in [6, 6.07) is 8.97. The van der Waals surface area contributed by atoms with Crippen molar-refractivity contribution in [2.45, 2.75) is 45.7 Å². The molecule has 98 valence electrons. The molecular formula is C15H22N2O. The largest absolute Gasteiger partial charge is 0.336 e. The van der Waals surface area contributed by atoms with Gasteiger partial charge in [-0.05, 0) is 39.2 Å². The molecule has 0 radical (unpaired) electrons. The lowest BCUT2D eigenvalue weighted by molar-refractivity contribution is 0.190. The van der Waals surface area contributed by atoms with Crippen LogP contribution in [0.4, 0.5) is 4.79 Å². The van der Waals surface area contributed by atoms with E-state index in [4.69, 9.17) is 0 Å². The summed E-state index contributed by atoms with van der Waals surface area (Å²) < 4.78 is 0. The van der Waals surface area contributed by atoms with Crippen molar-refractivity contribution < 1.29 is 4.79 Å². The summed E-state index contributed by atoms with van der Waals surface area (Å²) in [5, 5.41) is 2.99. The van der Waals surface area contributed by atoms with Gasteiger partial charge in [-0.2, -0.15) is 0 Å². The Balaban J connectivity index is 2.14. The minimum Gasteiger partial charge on any atom is -0.336 e. The van der Waals surface area contributed by atoms with E-state index in [2.05, 4.69) is 36.5 Å². The molecule has 1 fully saturated rings. The quantitative estimate of drug-likeness (QED) is 0.853. The van der Waals surface area contributed by atoms with Crippen LogP contribution < -0.4 is 5.32 Å². The number of likely N-dealkylation sites (tertiary alicyclic amines) is 1. The Morgan fingerprint density at radius 1 is 1.44 bits per heavy atom. The Hall–Kier alpha value is -1.51. The Morgan fingerprint density at radius 3 is 2.89 bits per heavy atom. The van der Waals surface area contributed by atoms with E-state index in [-0.39, 0.29) is 18.1 Å². The second-order valence-electron chi connectivity index (χ2n) is 5.37. The SMILES string of the molecule is Cc1cccc([C@@H]2CCCN2C(=O)NC(C)C)c1. The van der Waals surface area contributed by atoms with E-state index in [1.165, 1.54) is 11.1 Å². The average molecular weight is 246 g/mol. The van der Waals surface area contributed by atoms with E-state index in [0.717, 1.165) is 19.4 Å². The zero-order valence-electron chi connectivity index (χ0n) is 11.4. The standard InChI is InChI=1S/C15H22N2O/c1-11(2)16-15(18)17-9-5-8-14(17)13-7-4-6-12(3)10-13/h4,6-7,10-11,14H,5,8-9H2,1-3H3,(H,16,18)/t14-/m0/s1. The normalized spacial score (nSPS) is 19.3. The maximum absolute atomic E-state index is 12.1. The number of rotatable bonds is 2. The maximum atomic E-state index is 12.1. The van der Waals surface area contributed by atoms with Crippen LogP contribution in [0, 0.1) is 6.92 Å². The average Bonchev–Trinajstić information content (AvgIpc) is 2.76. The fraction of sp³-hybridized carbons (Fsp3) is 0.533. The third-order valence-electron chi connectivity index (χ3n) is 3.35. The molecular weight excluding hydrogens is 224 g/mol. The zero-order chi connectivity index (χ0) is 13.1. The number of benzene rings is 1. The van der Waals surface area contributed by atoms with Crippen molar-refractivity contribution in [1.29, 1.82) is 0 Å². The fourth-order valence-corrected chi connectivity index (χ4v) is 2.56. The zero-order valence-corrected chi connectivity index (χ0v) is 11.4. The lowest BCUT2D eigenvalue weighted by atomic mass is 10.0. The molecule has 1 atom stereocenters. The molecule has 1 heterocycles. The van der Waals surface area contributed by atoms with Crippen molar-refractivity contribution in [3.05, 3.63) is 35.4 Å². The van der Waals surface area contributed by atoms with Gasteiger partial charge in [-0.25, -0.2) is 4.79 Å². The van der Waals surface area contributed by atoms with Gasteiger partial charge in [0.05, 0.1) is 6.04 Å². The van der Waals surface area contributed by atoms with Gasteiger partial charge in [-0.3, -0.25) is 0 Å². The van der Waals surface area contributed by atoms with Crippen LogP contribution >= 0.6 is 0 Å². The highest BCUT2D eigenvalue weighted by atomic mass is 16.2. The lowest BCUT2D eigenvalue weighted by Crippen LogP contribution is -2.42. The van der Waals surface area contributed by atoms with Crippen LogP contribution in [0.5, 0.6) is 0 Å². The van der Waals surface area contributed by atoms with Crippen LogP contribution in [0.15, 0.2) is 24.3 Å². The number of aryl methyl sites for hydroxylation is 1. The van der Waals surface area contributed by atoms with Gasteiger partial charge in [-0.15, -0.1) is 0 Å². The van der Waals surface area contributed by atoms with Gasteiger partial charge < -0.3 is 10.2 Å². The highest BCUT2D eigenvalue weighted by Crippen LogP contribution is 2.32. The van der Waals surface area contributed by atoms with Gasteiger partial charge >= 0.3 is 6.03 Å². The highest BCUT2D eigenvalue weighted by molar-refractivity contribution is 5.75. The first-order valence-electron chi connectivity index (χ1n) is 6.71. The van der Waals surface area contributed by atoms with Crippen molar-refractivity contribution >= 4 is 6.03 Å². The topological polar surface area (TPSA) is 32.3 Å². The van der Waals surface area contributed by atoms with Crippen LogP contribution in [-0.2, 0) is 0 Å². The molecule has 1 aromatic carbocycles. The first-order chi connectivity index (χ1) is 8.58. The minimum atomic E-state index is 0.0639. The van der Waals surface area contributed by atoms with Crippen molar-refractivity contribution in [1.82, 2.24) is 10.2 Å². The molecule has 3 heteroatoms. The molecule has 3 nitrogen and oxygen atoms in total. The number of hydrogen-bond acceptors (Lipinski definition) is 1. The van der Waals surface area contributed by atoms with E-state index in [1.807, 2.05) is 18.7 Å². The number of nitrogens with one attached hydrogen (secondary N) is 1. The summed E-state index contributed by atoms with van der Waals surface area (Å²) >= 11 is 0. The summed E-state index contributed by atoms with van der Waals surface area (Å²) in [6.45, 7) is 6.94. The minimum absolute atomic E-state index is 0.0639. The van der Waals surface area contributed by atoms with E-state index < -0.39 is 0 Å². The second kappa shape index (κ2) is 5.42. The Kier molecular flexibility index (Phi) is 3.90. The Morgan fingerprint density at radius 2 is 2.22 bits per heavy atom. The number of urea groups is 1. The smallest absolute Gasteiger partial charge is 0.318 e. The number of carbonyl (C=O) groups is 1. The summed E-state index contributed by atoms with van der Waals surface area (Å²) in [5.41, 5.74) is 2.51. The summed E-state index contributed by atoms with van der Waals surface area (Å²) in [6.07, 6.45) is 2.15. The predicted molar refractivity (Wildman–Crippen MR) is 73.5 cm³/mol. The van der Waals surface area contributed by atoms with E-state index in [0.29, 0.717) is 0 Å². The van der Waals surface area contributed by atoms with Gasteiger partial charge in [0.15, 0.2) is 0 Å². The summed E-state index contributed by atoms with van der Waals surface area (Å²) in [4.78, 5) is 14.1. The van der Waals surface area contributed by atoms with Gasteiger partial charge in [0.1, 0.15) is 0 Å². The summed E-state index contributed by atoms with van der Waals surface area (Å²) in [5.74, 6) is 0. The van der Waals surface area contributed by atoms with Crippen molar-refractivity contribution in [3.63, 3.8) is 0 Å². The monoisotopic (exact) mass is 246 g/mol. The molecule has 0 saturated carbocycles. The Labute approximate surface area is 109 Å². The lowest BCUT2D eigenvalue weighted by Gasteiger charge is -2.26. The second-order valence-corrected chi connectivity index (χ2v) is 5.37. The molecule has 0 aromatic heterocycles. The first kappa shape index (κ1) is 12.9. The molecule has 2 rings (SSSR count). The van der Waals surface area contributed by atoms with Gasteiger partial charge in [0.25, 0.3) is 0 Å². The number of carbonyl (C=O) groups excluding carboxylic acids is 1. The van der Waals surface area contributed by atoms with Crippen molar-refractivity contribution in [2.75, 3.05) is 6.54 Å². The molecule has 0 spiro atoms. The maximum Gasteiger partial charge on any atom is 0.318 e. The molecule has 1 aliphatic heterocycles. The van der Waals surface area contributed by atoms with Gasteiger partial charge in [0, 0.05) is 12.6 Å². The van der Waals surface area contributed by atoms with E-state index in [9.17, 15) is 4.79 Å². The molecule has 1 aromatic rings. The van der Waals surface area contributed by atoms with Crippen LogP contribution in [0.25, 0.3) is 0 Å². The van der Waals surface area contributed by atoms with E-state index >= 15 is 0 Å². The predicted octanol–water partition coefficient (Wildman–Crippen LogP) is 3.25. The highest BCUT2D eigenvalue weighted by Gasteiger charge is 2.29. The van der Waals surface area contributed by atoms with Crippen molar-refractivity contribution in [2.24, 2.45) is 0 Å². The van der Waals surface area contributed by atoms with Crippen LogP contribution in [0.1, 0.15) is 43.9 Å². The number of hydrogen-bond donors (Lipinski definition) is 1. The number of amides is 2. The third-order valence-corrected chi connectivity index (χ3v) is 3.35. The van der Waals surface area contributed by atoms with Crippen LogP contribution in [-0.4, -0.2) is 23.5 Å². The summed E-state index contributed by atoms with van der Waals surface area (Å²) in [7, 11) is 0. The molecule has 18 heavy (non-hydrogen) atoms. The first-order valence-corrected chi connectivity index (χ1v) is 6.71. The molecule has 1 saturated heterocycles. The molecule has 2 amide bonds. The molecule has 1 aliphatic rings. The Bertz CT molecular complexity index is 428. The van der Waals surface area contributed by atoms with Gasteiger partial charge in [-0.1, -0.05) is 29.8 Å². The van der Waals surface area contributed by atoms with Crippen LogP contribution in [0.3, 0.4) is 0 Å². The molecule has 0 aliphatic carbocycles. The van der Waals surface area contributed by atoms with E-state index in [1.54, 1.807) is 0 Å². The molecule has 0 bridgehead atoms. The fourth-order valence-electron chi connectivity index (χ4n) is 2.56.